The first-order valence-electron chi connectivity index (χ1n) is 5.26. The Kier molecular flexibility index (Phi) is 3.13. The summed E-state index contributed by atoms with van der Waals surface area (Å²) in [6.07, 6.45) is 0. The Hall–Kier alpha value is -0.955. The van der Waals surface area contributed by atoms with Crippen LogP contribution in [0.2, 0.25) is 0 Å². The zero-order chi connectivity index (χ0) is 13.6. The highest BCUT2D eigenvalue weighted by molar-refractivity contribution is 14.1. The molecule has 94 valence electrons. The second-order valence-electron chi connectivity index (χ2n) is 3.90. The molecule has 0 N–H and O–H groups in total. The number of rotatable bonds is 2. The highest BCUT2D eigenvalue weighted by Gasteiger charge is 2.27. The molecule has 19 heavy (non-hydrogen) atoms. The van der Waals surface area contributed by atoms with Gasteiger partial charge in [0.25, 0.3) is 0 Å². The third kappa shape index (κ3) is 2.41. The fourth-order valence-corrected chi connectivity index (χ4v) is 2.77. The summed E-state index contributed by atoms with van der Waals surface area (Å²) in [5, 5.41) is 1.82. The van der Waals surface area contributed by atoms with Crippen molar-refractivity contribution in [2.45, 2.75) is 3.93 Å². The summed E-state index contributed by atoms with van der Waals surface area (Å²) in [7, 11) is 5.78. The van der Waals surface area contributed by atoms with Crippen LogP contribution in [0, 0.1) is 0 Å². The maximum absolute atomic E-state index is 13.2. The molecule has 7 heteroatoms. The first-order valence-corrected chi connectivity index (χ1v) is 7.22. The molecule has 0 aliphatic carbocycles. The van der Waals surface area contributed by atoms with Crippen LogP contribution in [0.3, 0.4) is 0 Å². The molecule has 0 amide bonds. The van der Waals surface area contributed by atoms with E-state index < -0.39 is 3.93 Å². The molecule has 3 aromatic rings. The molecule has 1 aromatic carbocycles. The van der Waals surface area contributed by atoms with Crippen LogP contribution in [-0.2, 0) is 3.93 Å². The Morgan fingerprint density at radius 1 is 1.32 bits per heavy atom. The van der Waals surface area contributed by atoms with Crippen molar-refractivity contribution in [1.29, 1.82) is 0 Å². The zero-order valence-corrected chi connectivity index (χ0v) is 12.3. The lowest BCUT2D eigenvalue weighted by Gasteiger charge is -2.06. The first kappa shape index (κ1) is 13.0. The van der Waals surface area contributed by atoms with Crippen molar-refractivity contribution in [3.8, 4) is 10.8 Å². The zero-order valence-electron chi connectivity index (χ0n) is 9.36. The number of aromatic nitrogens is 1. The predicted molar refractivity (Wildman–Crippen MR) is 80.6 cm³/mol. The van der Waals surface area contributed by atoms with Crippen LogP contribution in [0.25, 0.3) is 21.9 Å². The van der Waals surface area contributed by atoms with Crippen LogP contribution in [0.15, 0.2) is 34.1 Å². The van der Waals surface area contributed by atoms with Gasteiger partial charge in [-0.15, -0.1) is 11.3 Å². The maximum atomic E-state index is 13.2. The number of alkyl halides is 3. The smallest absolute Gasteiger partial charge is 0.321 e. The lowest BCUT2D eigenvalue weighted by Crippen LogP contribution is -2.01. The summed E-state index contributed by atoms with van der Waals surface area (Å²) in [4.78, 5) is 4.92. The highest BCUT2D eigenvalue weighted by Crippen LogP contribution is 2.37. The number of halogens is 3. The molecule has 0 aliphatic rings. The van der Waals surface area contributed by atoms with Crippen LogP contribution in [0.4, 0.5) is 8.78 Å². The fourth-order valence-electron chi connectivity index (χ4n) is 1.69. The van der Waals surface area contributed by atoms with Gasteiger partial charge >= 0.3 is 3.93 Å². The summed E-state index contributed by atoms with van der Waals surface area (Å²) in [6, 6.07) is 5.91. The number of hydrogen-bond acceptors (Lipinski definition) is 3. The van der Waals surface area contributed by atoms with Gasteiger partial charge in [0.1, 0.15) is 13.4 Å². The van der Waals surface area contributed by atoms with Gasteiger partial charge in [-0.05, 0) is 23.6 Å². The van der Waals surface area contributed by atoms with Crippen molar-refractivity contribution in [2.24, 2.45) is 0 Å². The van der Waals surface area contributed by atoms with E-state index in [-0.39, 0.29) is 5.56 Å². The van der Waals surface area contributed by atoms with Gasteiger partial charge in [-0.2, -0.15) is 8.78 Å². The molecule has 3 rings (SSSR count). The van der Waals surface area contributed by atoms with Crippen LogP contribution in [0.1, 0.15) is 5.56 Å². The summed E-state index contributed by atoms with van der Waals surface area (Å²) < 4.78 is 29.1. The largest absolute Gasteiger partial charge is 0.435 e. The molecule has 2 radical (unpaired) electrons. The van der Waals surface area contributed by atoms with E-state index in [1.165, 1.54) is 29.5 Å². The summed E-state index contributed by atoms with van der Waals surface area (Å²) >= 11 is 2.48. The van der Waals surface area contributed by atoms with Gasteiger partial charge in [0.15, 0.2) is 5.58 Å². The molecule has 0 bridgehead atoms. The lowest BCUT2D eigenvalue weighted by molar-refractivity contribution is 0.127. The van der Waals surface area contributed by atoms with E-state index in [9.17, 15) is 8.78 Å². The van der Waals surface area contributed by atoms with Gasteiger partial charge < -0.3 is 4.42 Å². The Balaban J connectivity index is 2.14. The van der Waals surface area contributed by atoms with Crippen LogP contribution < -0.4 is 5.46 Å². The Morgan fingerprint density at radius 2 is 2.11 bits per heavy atom. The lowest BCUT2D eigenvalue weighted by atomic mass is 9.97. The Labute approximate surface area is 126 Å². The first-order chi connectivity index (χ1) is 8.95. The number of oxazole rings is 1. The second kappa shape index (κ2) is 4.55. The van der Waals surface area contributed by atoms with Crippen molar-refractivity contribution in [2.75, 3.05) is 0 Å². The number of nitrogens with zero attached hydrogens (tertiary/aromatic N) is 1. The highest BCUT2D eigenvalue weighted by atomic mass is 127. The van der Waals surface area contributed by atoms with Gasteiger partial charge in [-0.1, -0.05) is 11.5 Å². The van der Waals surface area contributed by atoms with Gasteiger partial charge in [0.05, 0.1) is 4.88 Å². The Morgan fingerprint density at radius 3 is 2.74 bits per heavy atom. The molecule has 0 unspecified atom stereocenters. The van der Waals surface area contributed by atoms with Gasteiger partial charge in [0.2, 0.25) is 5.89 Å². The van der Waals surface area contributed by atoms with Crippen molar-refractivity contribution >= 4 is 58.3 Å². The summed E-state index contributed by atoms with van der Waals surface area (Å²) in [5.41, 5.74) is 1.33. The minimum Gasteiger partial charge on any atom is -0.435 e. The van der Waals surface area contributed by atoms with Crippen molar-refractivity contribution < 1.29 is 13.2 Å². The van der Waals surface area contributed by atoms with Gasteiger partial charge in [-0.3, -0.25) is 0 Å². The normalized spacial score (nSPS) is 12.2. The molecular formula is C12H5BF2INOS. The molecule has 0 saturated heterocycles. The van der Waals surface area contributed by atoms with E-state index in [2.05, 4.69) is 4.98 Å². The number of thiophene rings is 1. The van der Waals surface area contributed by atoms with Gasteiger partial charge in [-0.25, -0.2) is 4.98 Å². The average molecular weight is 387 g/mol. The topological polar surface area (TPSA) is 26.0 Å². The monoisotopic (exact) mass is 387 g/mol. The predicted octanol–water partition coefficient (Wildman–Crippen LogP) is 3.83. The van der Waals surface area contributed by atoms with E-state index in [0.29, 0.717) is 27.3 Å². The minimum atomic E-state index is -2.92. The molecule has 0 spiro atoms. The second-order valence-corrected chi connectivity index (χ2v) is 6.18. The molecule has 0 saturated carbocycles. The van der Waals surface area contributed by atoms with Crippen molar-refractivity contribution in [3.05, 3.63) is 35.2 Å². The van der Waals surface area contributed by atoms with Crippen LogP contribution >= 0.6 is 33.9 Å². The third-order valence-electron chi connectivity index (χ3n) is 2.60. The number of fused-ring (bicyclic) bond motifs is 1. The minimum absolute atomic E-state index is 0.0976. The van der Waals surface area contributed by atoms with E-state index in [4.69, 9.17) is 12.3 Å². The molecule has 0 fully saturated rings. The van der Waals surface area contributed by atoms with Gasteiger partial charge in [0, 0.05) is 28.2 Å². The number of hydrogen-bond donors (Lipinski definition) is 0. The number of benzene rings is 1. The SMILES string of the molecule is [B]c1ccsc1-c1nc2cc(C(F)(F)I)ccc2o1. The summed E-state index contributed by atoms with van der Waals surface area (Å²) in [6.45, 7) is 0. The van der Waals surface area contributed by atoms with Crippen LogP contribution in [0.5, 0.6) is 0 Å². The molecule has 0 aliphatic heterocycles. The molecule has 2 nitrogen and oxygen atoms in total. The quantitative estimate of drug-likeness (QED) is 0.380. The van der Waals surface area contributed by atoms with Crippen molar-refractivity contribution in [3.63, 3.8) is 0 Å². The van der Waals surface area contributed by atoms with E-state index in [1.807, 2.05) is 5.38 Å². The Bertz CT molecular complexity index is 750. The van der Waals surface area contributed by atoms with E-state index >= 15 is 0 Å². The van der Waals surface area contributed by atoms with Crippen LogP contribution in [-0.4, -0.2) is 12.8 Å². The fraction of sp³-hybridized carbons (Fsp3) is 0.0833. The molecule has 2 heterocycles. The summed E-state index contributed by atoms with van der Waals surface area (Å²) in [5.74, 6) is 0.358. The molecular weight excluding hydrogens is 382 g/mol. The molecule has 2 aromatic heterocycles. The third-order valence-corrected chi connectivity index (χ3v) is 4.15. The van der Waals surface area contributed by atoms with Crippen molar-refractivity contribution in [1.82, 2.24) is 4.98 Å². The molecule has 0 atom stereocenters. The average Bonchev–Trinajstić information content (AvgIpc) is 2.91. The maximum Gasteiger partial charge on any atom is 0.321 e. The van der Waals surface area contributed by atoms with E-state index in [1.54, 1.807) is 6.07 Å². The standard InChI is InChI=1S/C12H5BF2INOS/c13-7-3-4-19-10(7)11-17-8-5-6(12(14,15)16)1-2-9(8)18-11/h1-5H. The van der Waals surface area contributed by atoms with E-state index in [0.717, 1.165) is 22.6 Å².